The molecule has 5 nitrogen and oxygen atoms in total. The predicted molar refractivity (Wildman–Crippen MR) is 107 cm³/mol. The highest BCUT2D eigenvalue weighted by Gasteiger charge is 2.37. The second kappa shape index (κ2) is 9.69. The summed E-state index contributed by atoms with van der Waals surface area (Å²) in [5, 5.41) is 2.83. The average Bonchev–Trinajstić information content (AvgIpc) is 2.55. The maximum atomic E-state index is 12.1. The van der Waals surface area contributed by atoms with Gasteiger partial charge < -0.3 is 14.5 Å². The summed E-state index contributed by atoms with van der Waals surface area (Å²) in [6.45, 7) is 12.7. The molecule has 0 saturated heterocycles. The van der Waals surface area contributed by atoms with E-state index in [1.807, 2.05) is 30.3 Å². The van der Waals surface area contributed by atoms with Crippen molar-refractivity contribution in [3.63, 3.8) is 0 Å². The minimum absolute atomic E-state index is 0.0651. The van der Waals surface area contributed by atoms with E-state index < -0.39 is 20.5 Å². The van der Waals surface area contributed by atoms with Crippen LogP contribution in [0, 0.1) is 0 Å². The van der Waals surface area contributed by atoms with Crippen LogP contribution in [0.15, 0.2) is 42.5 Å². The number of hydrogen-bond acceptors (Lipinski definition) is 4. The van der Waals surface area contributed by atoms with E-state index in [0.717, 1.165) is 5.56 Å². The molecular weight excluding hydrogens is 346 g/mol. The first-order chi connectivity index (χ1) is 12.0. The molecule has 0 heterocycles. The van der Waals surface area contributed by atoms with E-state index in [1.165, 1.54) is 13.0 Å². The van der Waals surface area contributed by atoms with Crippen molar-refractivity contribution in [3.05, 3.63) is 48.0 Å². The van der Waals surface area contributed by atoms with E-state index in [2.05, 4.69) is 39.2 Å². The number of amides is 1. The third kappa shape index (κ3) is 7.97. The van der Waals surface area contributed by atoms with Gasteiger partial charge in [0.2, 0.25) is 0 Å². The molecule has 0 radical (unpaired) electrons. The highest BCUT2D eigenvalue weighted by atomic mass is 28.4. The fourth-order valence-corrected chi connectivity index (χ4v) is 2.86. The first kappa shape index (κ1) is 22.1. The molecule has 26 heavy (non-hydrogen) atoms. The molecule has 0 aliphatic heterocycles. The van der Waals surface area contributed by atoms with E-state index in [9.17, 15) is 9.59 Å². The molecular formula is C20H31NO4Si. The summed E-state index contributed by atoms with van der Waals surface area (Å²) in [5.41, 5.74) is 0.913. The molecule has 0 saturated carbocycles. The number of rotatable bonds is 8. The maximum absolute atomic E-state index is 12.1. The Bertz CT molecular complexity index is 620. The summed E-state index contributed by atoms with van der Waals surface area (Å²) in [5.74, 6) is -0.0817. The number of carbonyl (C=O) groups is 2. The van der Waals surface area contributed by atoms with Crippen molar-refractivity contribution < 1.29 is 18.8 Å². The van der Waals surface area contributed by atoms with Gasteiger partial charge in [-0.3, -0.25) is 4.79 Å². The quantitative estimate of drug-likeness (QED) is 0.537. The third-order valence-electron chi connectivity index (χ3n) is 4.51. The Morgan fingerprint density at radius 1 is 1.19 bits per heavy atom. The van der Waals surface area contributed by atoms with Gasteiger partial charge in [0.15, 0.2) is 14.1 Å². The van der Waals surface area contributed by atoms with Gasteiger partial charge in [-0.25, -0.2) is 4.79 Å². The van der Waals surface area contributed by atoms with Gasteiger partial charge in [0.25, 0.3) is 0 Å². The van der Waals surface area contributed by atoms with Gasteiger partial charge in [-0.1, -0.05) is 57.2 Å². The summed E-state index contributed by atoms with van der Waals surface area (Å²) < 4.78 is 11.4. The minimum Gasteiger partial charge on any atom is -0.445 e. The average molecular weight is 378 g/mol. The number of alkyl carbamates (subject to hydrolysis) is 1. The molecule has 1 aromatic carbocycles. The standard InChI is InChI=1S/C20H31NO4Si/c1-16(22)12-13-18(15-25-26(5,6)20(2,3)4)21-19(23)24-14-17-10-8-7-9-11-17/h7-13,18H,14-15H2,1-6H3,(H,21,23)/b13-12+. The highest BCUT2D eigenvalue weighted by molar-refractivity contribution is 6.74. The second-order valence-corrected chi connectivity index (χ2v) is 12.7. The molecule has 0 fully saturated rings. The van der Waals surface area contributed by atoms with Gasteiger partial charge in [0, 0.05) is 0 Å². The number of hydrogen-bond donors (Lipinski definition) is 1. The Kier molecular flexibility index (Phi) is 8.24. The molecule has 0 aliphatic carbocycles. The van der Waals surface area contributed by atoms with Crippen molar-refractivity contribution in [2.75, 3.05) is 6.61 Å². The summed E-state index contributed by atoms with van der Waals surface area (Å²) in [4.78, 5) is 23.3. The smallest absolute Gasteiger partial charge is 0.408 e. The monoisotopic (exact) mass is 377 g/mol. The summed E-state index contributed by atoms with van der Waals surface area (Å²) >= 11 is 0. The lowest BCUT2D eigenvalue weighted by atomic mass is 10.2. The Labute approximate surface area is 157 Å². The van der Waals surface area contributed by atoms with Crippen molar-refractivity contribution in [2.45, 2.75) is 58.5 Å². The molecule has 144 valence electrons. The van der Waals surface area contributed by atoms with Crippen molar-refractivity contribution in [3.8, 4) is 0 Å². The third-order valence-corrected chi connectivity index (χ3v) is 9.01. The normalized spacial score (nSPS) is 13.5. The lowest BCUT2D eigenvalue weighted by molar-refractivity contribution is -0.112. The van der Waals surface area contributed by atoms with E-state index in [-0.39, 0.29) is 17.4 Å². The van der Waals surface area contributed by atoms with Crippen LogP contribution in [0.3, 0.4) is 0 Å². The number of benzene rings is 1. The fourth-order valence-electron chi connectivity index (χ4n) is 1.83. The number of carbonyl (C=O) groups excluding carboxylic acids is 2. The zero-order valence-corrected chi connectivity index (χ0v) is 17.7. The van der Waals surface area contributed by atoms with Crippen molar-refractivity contribution in [2.24, 2.45) is 0 Å². The Morgan fingerprint density at radius 2 is 1.81 bits per heavy atom. The maximum Gasteiger partial charge on any atom is 0.408 e. The first-order valence-corrected chi connectivity index (χ1v) is 11.7. The SMILES string of the molecule is CC(=O)/C=C/C(CO[Si](C)(C)C(C)(C)C)NC(=O)OCc1ccccc1. The van der Waals surface area contributed by atoms with Crippen LogP contribution in [0.5, 0.6) is 0 Å². The van der Waals surface area contributed by atoms with Gasteiger partial charge >= 0.3 is 6.09 Å². The summed E-state index contributed by atoms with van der Waals surface area (Å²) in [6.07, 6.45) is 2.56. The van der Waals surface area contributed by atoms with Crippen LogP contribution in [0.25, 0.3) is 0 Å². The molecule has 0 aromatic heterocycles. The first-order valence-electron chi connectivity index (χ1n) is 8.81. The van der Waals surface area contributed by atoms with Crippen LogP contribution in [-0.4, -0.2) is 32.8 Å². The van der Waals surface area contributed by atoms with E-state index in [0.29, 0.717) is 6.61 Å². The van der Waals surface area contributed by atoms with Crippen LogP contribution in [-0.2, 0) is 20.6 Å². The van der Waals surface area contributed by atoms with Crippen LogP contribution in [0.1, 0.15) is 33.3 Å². The molecule has 0 bridgehead atoms. The predicted octanol–water partition coefficient (Wildman–Crippen LogP) is 4.45. The minimum atomic E-state index is -1.96. The number of nitrogens with one attached hydrogen (secondary N) is 1. The molecule has 6 heteroatoms. The Balaban J connectivity index is 2.65. The highest BCUT2D eigenvalue weighted by Crippen LogP contribution is 2.36. The fraction of sp³-hybridized carbons (Fsp3) is 0.500. The molecule has 1 amide bonds. The molecule has 1 unspecified atom stereocenters. The van der Waals surface area contributed by atoms with Crippen molar-refractivity contribution in [1.29, 1.82) is 0 Å². The lowest BCUT2D eigenvalue weighted by Gasteiger charge is -2.37. The molecule has 1 N–H and O–H groups in total. The van der Waals surface area contributed by atoms with Gasteiger partial charge in [-0.05, 0) is 36.7 Å². The molecule has 1 rings (SSSR count). The topological polar surface area (TPSA) is 64.6 Å². The molecule has 1 atom stereocenters. The van der Waals surface area contributed by atoms with Crippen LogP contribution < -0.4 is 5.32 Å². The largest absolute Gasteiger partial charge is 0.445 e. The summed E-state index contributed by atoms with van der Waals surface area (Å²) in [7, 11) is -1.96. The van der Waals surface area contributed by atoms with E-state index >= 15 is 0 Å². The van der Waals surface area contributed by atoms with Gasteiger partial charge in [0.05, 0.1) is 12.6 Å². The number of ether oxygens (including phenoxy) is 1. The van der Waals surface area contributed by atoms with Gasteiger partial charge in [-0.15, -0.1) is 0 Å². The lowest BCUT2D eigenvalue weighted by Crippen LogP contribution is -2.45. The molecule has 1 aromatic rings. The van der Waals surface area contributed by atoms with Crippen LogP contribution >= 0.6 is 0 Å². The Hall–Kier alpha value is -1.92. The van der Waals surface area contributed by atoms with Crippen LogP contribution in [0.4, 0.5) is 4.79 Å². The molecule has 0 aliphatic rings. The van der Waals surface area contributed by atoms with Gasteiger partial charge in [-0.2, -0.15) is 0 Å². The zero-order chi connectivity index (χ0) is 19.8. The van der Waals surface area contributed by atoms with E-state index in [4.69, 9.17) is 9.16 Å². The second-order valence-electron chi connectivity index (χ2n) is 7.85. The van der Waals surface area contributed by atoms with Gasteiger partial charge in [0.1, 0.15) is 6.61 Å². The number of ketones is 1. The number of allylic oxidation sites excluding steroid dienone is 1. The van der Waals surface area contributed by atoms with Crippen molar-refractivity contribution >= 4 is 20.2 Å². The molecule has 0 spiro atoms. The Morgan fingerprint density at radius 3 is 2.35 bits per heavy atom. The van der Waals surface area contributed by atoms with E-state index in [1.54, 1.807) is 6.08 Å². The van der Waals surface area contributed by atoms with Crippen molar-refractivity contribution in [1.82, 2.24) is 5.32 Å². The summed E-state index contributed by atoms with van der Waals surface area (Å²) in [6, 6.07) is 9.05. The van der Waals surface area contributed by atoms with Crippen LogP contribution in [0.2, 0.25) is 18.1 Å². The zero-order valence-electron chi connectivity index (χ0n) is 16.7.